The third-order valence-corrected chi connectivity index (χ3v) is 5.26. The van der Waals surface area contributed by atoms with Gasteiger partial charge < -0.3 is 24.2 Å². The number of ether oxygens (including phenoxy) is 2. The molecule has 2 aromatic heterocycles. The molecule has 0 radical (unpaired) electrons. The Morgan fingerprint density at radius 2 is 2.09 bits per heavy atom. The fraction of sp³-hybridized carbons (Fsp3) is 0.400. The van der Waals surface area contributed by atoms with Crippen LogP contribution in [-0.4, -0.2) is 63.3 Å². The van der Waals surface area contributed by atoms with Crippen molar-refractivity contribution < 1.29 is 23.6 Å². The summed E-state index contributed by atoms with van der Waals surface area (Å²) in [4.78, 5) is 30.8. The minimum atomic E-state index is -0.427. The molecule has 0 saturated carbocycles. The van der Waals surface area contributed by atoms with Crippen LogP contribution in [0, 0.1) is 12.8 Å². The van der Waals surface area contributed by atoms with Crippen LogP contribution in [0.15, 0.2) is 28.9 Å². The van der Waals surface area contributed by atoms with Crippen LogP contribution < -0.4 is 19.7 Å². The van der Waals surface area contributed by atoms with Crippen LogP contribution in [0.4, 0.5) is 5.69 Å². The lowest BCUT2D eigenvalue weighted by Crippen LogP contribution is -2.34. The van der Waals surface area contributed by atoms with Crippen molar-refractivity contribution in [2.75, 3.05) is 31.2 Å². The number of fused-ring (bicyclic) bond motifs is 1. The summed E-state index contributed by atoms with van der Waals surface area (Å²) in [6.07, 6.45) is 1.83. The summed E-state index contributed by atoms with van der Waals surface area (Å²) in [5.41, 5.74) is 1.16. The lowest BCUT2D eigenvalue weighted by Gasteiger charge is -2.22. The molecular formula is C20H21N7O5. The van der Waals surface area contributed by atoms with Gasteiger partial charge in [0, 0.05) is 31.3 Å². The molecule has 12 nitrogen and oxygen atoms in total. The van der Waals surface area contributed by atoms with Crippen molar-refractivity contribution in [2.24, 2.45) is 5.92 Å². The lowest BCUT2D eigenvalue weighted by atomic mass is 10.1. The van der Waals surface area contributed by atoms with Crippen LogP contribution in [0.2, 0.25) is 0 Å². The monoisotopic (exact) mass is 439 g/mol. The highest BCUT2D eigenvalue weighted by Gasteiger charge is 2.35. The highest BCUT2D eigenvalue weighted by molar-refractivity contribution is 6.00. The minimum Gasteiger partial charge on any atom is -0.486 e. The number of amides is 2. The molecule has 12 heteroatoms. The Hall–Kier alpha value is -3.96. The van der Waals surface area contributed by atoms with Gasteiger partial charge in [0.15, 0.2) is 23.0 Å². The first-order valence-electron chi connectivity index (χ1n) is 10.3. The van der Waals surface area contributed by atoms with E-state index in [2.05, 4.69) is 25.8 Å². The van der Waals surface area contributed by atoms with Gasteiger partial charge in [-0.1, -0.05) is 10.4 Å². The van der Waals surface area contributed by atoms with Gasteiger partial charge in [0.25, 0.3) is 5.89 Å². The summed E-state index contributed by atoms with van der Waals surface area (Å²) < 4.78 is 17.8. The molecule has 1 aromatic carbocycles. The van der Waals surface area contributed by atoms with Crippen molar-refractivity contribution in [3.05, 3.63) is 30.2 Å². The molecule has 0 aliphatic carbocycles. The van der Waals surface area contributed by atoms with E-state index in [0.29, 0.717) is 67.4 Å². The van der Waals surface area contributed by atoms with E-state index >= 15 is 0 Å². The van der Waals surface area contributed by atoms with Gasteiger partial charge >= 0.3 is 0 Å². The average molecular weight is 439 g/mol. The number of benzene rings is 1. The molecular weight excluding hydrogens is 418 g/mol. The van der Waals surface area contributed by atoms with Gasteiger partial charge in [-0.25, -0.2) is 4.68 Å². The van der Waals surface area contributed by atoms with Crippen molar-refractivity contribution in [3.8, 4) is 23.1 Å². The number of aryl methyl sites for hydroxylation is 1. The Bertz CT molecular complexity index is 1160. The zero-order chi connectivity index (χ0) is 22.1. The smallest absolute Gasteiger partial charge is 0.280 e. The molecule has 1 saturated heterocycles. The van der Waals surface area contributed by atoms with E-state index in [1.807, 2.05) is 0 Å². The van der Waals surface area contributed by atoms with Crippen LogP contribution in [-0.2, 0) is 16.1 Å². The van der Waals surface area contributed by atoms with Gasteiger partial charge in [0.05, 0.1) is 18.7 Å². The Kier molecular flexibility index (Phi) is 5.17. The van der Waals surface area contributed by atoms with E-state index in [-0.39, 0.29) is 18.2 Å². The third kappa shape index (κ3) is 3.98. The Morgan fingerprint density at radius 3 is 2.91 bits per heavy atom. The van der Waals surface area contributed by atoms with Gasteiger partial charge in [-0.3, -0.25) is 9.59 Å². The Balaban J connectivity index is 1.15. The van der Waals surface area contributed by atoms with Crippen molar-refractivity contribution in [2.45, 2.75) is 19.9 Å². The van der Waals surface area contributed by atoms with Crippen LogP contribution >= 0.6 is 0 Å². The van der Waals surface area contributed by atoms with Gasteiger partial charge in [-0.05, 0) is 19.1 Å². The van der Waals surface area contributed by atoms with E-state index in [4.69, 9.17) is 14.0 Å². The number of carbonyl (C=O) groups excluding carboxylic acids is 2. The number of hydrogen-bond acceptors (Lipinski definition) is 9. The normalized spacial score (nSPS) is 17.6. The summed E-state index contributed by atoms with van der Waals surface area (Å²) >= 11 is 0. The van der Waals surface area contributed by atoms with E-state index in [1.54, 1.807) is 40.9 Å². The Labute approximate surface area is 182 Å². The number of rotatable bonds is 6. The molecule has 4 heterocycles. The van der Waals surface area contributed by atoms with Gasteiger partial charge in [0.2, 0.25) is 11.8 Å². The van der Waals surface area contributed by atoms with E-state index in [1.165, 1.54) is 0 Å². The van der Waals surface area contributed by atoms with Crippen molar-refractivity contribution in [1.82, 2.24) is 30.5 Å². The second-order valence-corrected chi connectivity index (χ2v) is 7.54. The fourth-order valence-electron chi connectivity index (χ4n) is 3.68. The molecule has 32 heavy (non-hydrogen) atoms. The topological polar surface area (TPSA) is 138 Å². The summed E-state index contributed by atoms with van der Waals surface area (Å²) in [6, 6.07) is 5.37. The maximum atomic E-state index is 12.6. The predicted octanol–water partition coefficient (Wildman–Crippen LogP) is 0.577. The molecule has 2 amide bonds. The first-order valence-corrected chi connectivity index (χ1v) is 10.3. The highest BCUT2D eigenvalue weighted by atomic mass is 16.6. The molecule has 5 rings (SSSR count). The summed E-state index contributed by atoms with van der Waals surface area (Å²) in [6.45, 7) is 3.77. The molecule has 0 spiro atoms. The summed E-state index contributed by atoms with van der Waals surface area (Å²) in [7, 11) is 0. The number of carbonyl (C=O) groups is 2. The average Bonchev–Trinajstić information content (AvgIpc) is 3.53. The molecule has 1 atom stereocenters. The molecule has 3 aromatic rings. The zero-order valence-electron chi connectivity index (χ0n) is 17.4. The first-order chi connectivity index (χ1) is 15.6. The summed E-state index contributed by atoms with van der Waals surface area (Å²) in [5, 5.41) is 14.6. The Morgan fingerprint density at radius 1 is 1.25 bits per heavy atom. The molecule has 2 aliphatic heterocycles. The molecule has 1 N–H and O–H groups in total. The minimum absolute atomic E-state index is 0.0994. The number of nitrogens with zero attached hydrogens (tertiary/aromatic N) is 6. The number of hydrogen-bond donors (Lipinski definition) is 1. The van der Waals surface area contributed by atoms with Crippen LogP contribution in [0.1, 0.15) is 12.2 Å². The van der Waals surface area contributed by atoms with Crippen LogP contribution in [0.3, 0.4) is 0 Å². The van der Waals surface area contributed by atoms with Gasteiger partial charge in [-0.2, -0.15) is 4.98 Å². The molecule has 1 fully saturated rings. The number of anilines is 1. The second-order valence-electron chi connectivity index (χ2n) is 7.54. The maximum Gasteiger partial charge on any atom is 0.280 e. The highest BCUT2D eigenvalue weighted by Crippen LogP contribution is 2.35. The van der Waals surface area contributed by atoms with Crippen LogP contribution in [0.25, 0.3) is 11.6 Å². The van der Waals surface area contributed by atoms with Crippen LogP contribution in [0.5, 0.6) is 11.5 Å². The standard InChI is InChI=1S/C20H21N7O5/c1-12-22-20(32-24-12)15-11-26(25-23-15)5-4-21-19(29)13-8-18(28)27(10-13)14-2-3-16-17(9-14)31-7-6-30-16/h2-3,9,11,13H,4-8,10H2,1H3,(H,21,29). The lowest BCUT2D eigenvalue weighted by molar-refractivity contribution is -0.126. The van der Waals surface area contributed by atoms with Crippen molar-refractivity contribution >= 4 is 17.5 Å². The van der Waals surface area contributed by atoms with Crippen molar-refractivity contribution in [1.29, 1.82) is 0 Å². The maximum absolute atomic E-state index is 12.6. The van der Waals surface area contributed by atoms with E-state index in [9.17, 15) is 9.59 Å². The SMILES string of the molecule is Cc1noc(-c2cn(CCNC(=O)C3CC(=O)N(c4ccc5c(c4)OCCO5)C3)nn2)n1. The number of nitrogens with one attached hydrogen (secondary N) is 1. The molecule has 166 valence electrons. The molecule has 2 aliphatic rings. The quantitative estimate of drug-likeness (QED) is 0.584. The zero-order valence-corrected chi connectivity index (χ0v) is 17.4. The van der Waals surface area contributed by atoms with Gasteiger partial charge in [0.1, 0.15) is 13.2 Å². The van der Waals surface area contributed by atoms with E-state index < -0.39 is 5.92 Å². The largest absolute Gasteiger partial charge is 0.486 e. The number of aromatic nitrogens is 5. The predicted molar refractivity (Wildman–Crippen MR) is 109 cm³/mol. The second kappa shape index (κ2) is 8.29. The molecule has 0 bridgehead atoms. The van der Waals surface area contributed by atoms with Gasteiger partial charge in [-0.15, -0.1) is 5.10 Å². The summed E-state index contributed by atoms with van der Waals surface area (Å²) in [5.74, 6) is 1.37. The van der Waals surface area contributed by atoms with E-state index in [0.717, 1.165) is 0 Å². The fourth-order valence-corrected chi connectivity index (χ4v) is 3.68. The first kappa shape index (κ1) is 20.0. The van der Waals surface area contributed by atoms with Crippen molar-refractivity contribution in [3.63, 3.8) is 0 Å². The third-order valence-electron chi connectivity index (χ3n) is 5.26. The molecule has 1 unspecified atom stereocenters.